The molecule has 0 amide bonds. The molecule has 0 saturated heterocycles. The molecule has 2 heteroatoms. The van der Waals surface area contributed by atoms with Gasteiger partial charge in [0.15, 0.2) is 0 Å². The molecule has 60 valence electrons. The Morgan fingerprint density at radius 1 is 1.27 bits per heavy atom. The Labute approximate surface area is 72.2 Å². The van der Waals surface area contributed by atoms with E-state index in [4.69, 9.17) is 17.3 Å². The van der Waals surface area contributed by atoms with Crippen LogP contribution in [0.25, 0.3) is 0 Å². The zero-order chi connectivity index (χ0) is 8.27. The monoisotopic (exact) mass is 169 g/mol. The van der Waals surface area contributed by atoms with Crippen LogP contribution in [0.5, 0.6) is 0 Å². The van der Waals surface area contributed by atoms with Crippen LogP contribution < -0.4 is 5.73 Å². The van der Waals surface area contributed by atoms with E-state index >= 15 is 0 Å². The van der Waals surface area contributed by atoms with Crippen LogP contribution in [0.15, 0.2) is 30.3 Å². The number of benzene rings is 1. The van der Waals surface area contributed by atoms with Gasteiger partial charge in [-0.3, -0.25) is 0 Å². The molecule has 0 aliphatic rings. The zero-order valence-corrected chi connectivity index (χ0v) is 7.25. The summed E-state index contributed by atoms with van der Waals surface area (Å²) in [6.07, 6.45) is 0. The normalized spacial score (nSPS) is 15.9. The van der Waals surface area contributed by atoms with E-state index in [-0.39, 0.29) is 11.4 Å². The fourth-order valence-electron chi connectivity index (χ4n) is 0.940. The number of hydrogen-bond acceptors (Lipinski definition) is 1. The average Bonchev–Trinajstić information content (AvgIpc) is 2.05. The summed E-state index contributed by atoms with van der Waals surface area (Å²) in [5.74, 6) is 0. The molecule has 1 rings (SSSR count). The first-order chi connectivity index (χ1) is 5.22. The van der Waals surface area contributed by atoms with Crippen LogP contribution in [0.2, 0.25) is 0 Å². The van der Waals surface area contributed by atoms with E-state index in [1.165, 1.54) is 0 Å². The summed E-state index contributed by atoms with van der Waals surface area (Å²) >= 11 is 5.84. The van der Waals surface area contributed by atoms with Crippen molar-refractivity contribution in [2.24, 2.45) is 5.73 Å². The SMILES string of the molecule is C[C@@H](Cl)[C@H](N)c1ccccc1. The Kier molecular flexibility index (Phi) is 2.92. The molecule has 0 fully saturated rings. The van der Waals surface area contributed by atoms with Gasteiger partial charge in [0.1, 0.15) is 0 Å². The standard InChI is InChI=1S/C9H12ClN/c1-7(10)9(11)8-5-3-2-4-6-8/h2-7,9H,11H2,1H3/t7-,9+/m1/s1. The summed E-state index contributed by atoms with van der Waals surface area (Å²) < 4.78 is 0. The second-order valence-corrected chi connectivity index (χ2v) is 3.30. The Morgan fingerprint density at radius 3 is 2.27 bits per heavy atom. The van der Waals surface area contributed by atoms with E-state index in [1.807, 2.05) is 37.3 Å². The Hall–Kier alpha value is -0.530. The van der Waals surface area contributed by atoms with Crippen molar-refractivity contribution >= 4 is 11.6 Å². The molecule has 0 aromatic heterocycles. The third kappa shape index (κ3) is 2.21. The summed E-state index contributed by atoms with van der Waals surface area (Å²) in [4.78, 5) is 0. The van der Waals surface area contributed by atoms with Crippen molar-refractivity contribution in [3.05, 3.63) is 35.9 Å². The Bertz CT molecular complexity index is 208. The predicted octanol–water partition coefficient (Wildman–Crippen LogP) is 2.31. The van der Waals surface area contributed by atoms with Crippen molar-refractivity contribution in [1.29, 1.82) is 0 Å². The van der Waals surface area contributed by atoms with Crippen LogP contribution in [0.4, 0.5) is 0 Å². The summed E-state index contributed by atoms with van der Waals surface area (Å²) in [6, 6.07) is 9.82. The van der Waals surface area contributed by atoms with Crippen LogP contribution in [0.3, 0.4) is 0 Å². The van der Waals surface area contributed by atoms with Gasteiger partial charge < -0.3 is 5.73 Å². The fourth-order valence-corrected chi connectivity index (χ4v) is 1.09. The van der Waals surface area contributed by atoms with Crippen LogP contribution >= 0.6 is 11.6 Å². The molecule has 0 bridgehead atoms. The highest BCUT2D eigenvalue weighted by molar-refractivity contribution is 6.20. The molecular formula is C9H12ClN. The lowest BCUT2D eigenvalue weighted by Gasteiger charge is -2.13. The van der Waals surface area contributed by atoms with Crippen molar-refractivity contribution in [2.45, 2.75) is 18.3 Å². The smallest absolute Gasteiger partial charge is 0.0500 e. The first-order valence-electron chi connectivity index (χ1n) is 3.66. The lowest BCUT2D eigenvalue weighted by molar-refractivity contribution is 0.707. The number of rotatable bonds is 2. The topological polar surface area (TPSA) is 26.0 Å². The Balaban J connectivity index is 2.77. The minimum Gasteiger partial charge on any atom is -0.323 e. The van der Waals surface area contributed by atoms with Crippen molar-refractivity contribution in [2.75, 3.05) is 0 Å². The van der Waals surface area contributed by atoms with E-state index in [1.54, 1.807) is 0 Å². The van der Waals surface area contributed by atoms with E-state index in [9.17, 15) is 0 Å². The minimum absolute atomic E-state index is 0.0163. The van der Waals surface area contributed by atoms with Crippen LogP contribution in [-0.2, 0) is 0 Å². The summed E-state index contributed by atoms with van der Waals surface area (Å²) in [5, 5.41) is -0.0163. The summed E-state index contributed by atoms with van der Waals surface area (Å²) in [6.45, 7) is 1.90. The third-order valence-electron chi connectivity index (χ3n) is 1.68. The number of halogens is 1. The van der Waals surface area contributed by atoms with Gasteiger partial charge in [0.25, 0.3) is 0 Å². The number of nitrogens with two attached hydrogens (primary N) is 1. The van der Waals surface area contributed by atoms with Gasteiger partial charge in [0.2, 0.25) is 0 Å². The molecule has 0 spiro atoms. The van der Waals surface area contributed by atoms with Gasteiger partial charge in [0.05, 0.1) is 5.38 Å². The molecule has 0 heterocycles. The molecule has 0 saturated carbocycles. The molecule has 1 aromatic carbocycles. The van der Waals surface area contributed by atoms with Gasteiger partial charge in [-0.15, -0.1) is 11.6 Å². The van der Waals surface area contributed by atoms with Gasteiger partial charge in [0, 0.05) is 6.04 Å². The molecule has 2 N–H and O–H groups in total. The third-order valence-corrected chi connectivity index (χ3v) is 1.95. The average molecular weight is 170 g/mol. The summed E-state index contributed by atoms with van der Waals surface area (Å²) in [5.41, 5.74) is 6.90. The van der Waals surface area contributed by atoms with Crippen molar-refractivity contribution in [1.82, 2.24) is 0 Å². The zero-order valence-electron chi connectivity index (χ0n) is 6.50. The molecule has 0 aliphatic carbocycles. The minimum atomic E-state index is -0.0575. The second kappa shape index (κ2) is 3.74. The van der Waals surface area contributed by atoms with Gasteiger partial charge in [-0.1, -0.05) is 30.3 Å². The van der Waals surface area contributed by atoms with Crippen LogP contribution in [0, 0.1) is 0 Å². The van der Waals surface area contributed by atoms with E-state index < -0.39 is 0 Å². The van der Waals surface area contributed by atoms with Gasteiger partial charge in [-0.25, -0.2) is 0 Å². The van der Waals surface area contributed by atoms with Gasteiger partial charge in [-0.2, -0.15) is 0 Å². The van der Waals surface area contributed by atoms with Crippen molar-refractivity contribution in [3.8, 4) is 0 Å². The molecule has 0 unspecified atom stereocenters. The maximum absolute atomic E-state index is 5.84. The molecule has 1 nitrogen and oxygen atoms in total. The first-order valence-corrected chi connectivity index (χ1v) is 4.10. The lowest BCUT2D eigenvalue weighted by atomic mass is 10.1. The van der Waals surface area contributed by atoms with Gasteiger partial charge in [-0.05, 0) is 12.5 Å². The first kappa shape index (κ1) is 8.57. The summed E-state index contributed by atoms with van der Waals surface area (Å²) in [7, 11) is 0. The van der Waals surface area contributed by atoms with E-state index in [2.05, 4.69) is 0 Å². The molecule has 1 aromatic rings. The highest BCUT2D eigenvalue weighted by atomic mass is 35.5. The van der Waals surface area contributed by atoms with E-state index in [0.29, 0.717) is 0 Å². The maximum Gasteiger partial charge on any atom is 0.0500 e. The number of hydrogen-bond donors (Lipinski definition) is 1. The van der Waals surface area contributed by atoms with Gasteiger partial charge >= 0.3 is 0 Å². The highest BCUT2D eigenvalue weighted by Crippen LogP contribution is 2.16. The van der Waals surface area contributed by atoms with Crippen LogP contribution in [0.1, 0.15) is 18.5 Å². The van der Waals surface area contributed by atoms with E-state index in [0.717, 1.165) is 5.56 Å². The number of alkyl halides is 1. The quantitative estimate of drug-likeness (QED) is 0.676. The largest absolute Gasteiger partial charge is 0.323 e. The highest BCUT2D eigenvalue weighted by Gasteiger charge is 2.10. The van der Waals surface area contributed by atoms with Crippen molar-refractivity contribution in [3.63, 3.8) is 0 Å². The fraction of sp³-hybridized carbons (Fsp3) is 0.333. The molecule has 11 heavy (non-hydrogen) atoms. The lowest BCUT2D eigenvalue weighted by Crippen LogP contribution is -2.18. The molecule has 0 aliphatic heterocycles. The predicted molar refractivity (Wildman–Crippen MR) is 48.7 cm³/mol. The molecule has 2 atom stereocenters. The van der Waals surface area contributed by atoms with Crippen LogP contribution in [-0.4, -0.2) is 5.38 Å². The Morgan fingerprint density at radius 2 is 1.82 bits per heavy atom. The second-order valence-electron chi connectivity index (χ2n) is 2.61. The maximum atomic E-state index is 5.84. The molecule has 0 radical (unpaired) electrons. The van der Waals surface area contributed by atoms with Crippen molar-refractivity contribution < 1.29 is 0 Å². The molecular weight excluding hydrogens is 158 g/mol.